The molecule has 0 bridgehead atoms. The van der Waals surface area contributed by atoms with Crippen molar-refractivity contribution in [3.05, 3.63) is 0 Å². The number of Topliss-reactive ketones (excluding diaryl/α,β-unsaturated/α-hetero) is 2. The third-order valence-corrected chi connectivity index (χ3v) is 2.30. The third kappa shape index (κ3) is 2.14. The quantitative estimate of drug-likeness (QED) is 0.539. The summed E-state index contributed by atoms with van der Waals surface area (Å²) in [6, 6.07) is 0. The lowest BCUT2D eigenvalue weighted by Crippen LogP contribution is -2.13. The Labute approximate surface area is 67.0 Å². The summed E-state index contributed by atoms with van der Waals surface area (Å²) in [5.74, 6) is 0.589. The Morgan fingerprint density at radius 1 is 1.36 bits per heavy atom. The summed E-state index contributed by atoms with van der Waals surface area (Å²) < 4.78 is 0. The van der Waals surface area contributed by atoms with E-state index in [1.807, 2.05) is 6.92 Å². The summed E-state index contributed by atoms with van der Waals surface area (Å²) >= 11 is 0. The Morgan fingerprint density at radius 2 is 2.09 bits per heavy atom. The van der Waals surface area contributed by atoms with E-state index in [-0.39, 0.29) is 11.7 Å². The molecule has 0 aliphatic heterocycles. The average Bonchev–Trinajstić information content (AvgIpc) is 2.13. The van der Waals surface area contributed by atoms with Crippen molar-refractivity contribution in [2.24, 2.45) is 5.92 Å². The lowest BCUT2D eigenvalue weighted by molar-refractivity contribution is -0.126. The molecule has 0 N–H and O–H groups in total. The molecule has 0 aromatic rings. The summed E-state index contributed by atoms with van der Waals surface area (Å²) in [6.07, 6.45) is 3.32. The maximum atomic E-state index is 11.2. The van der Waals surface area contributed by atoms with Gasteiger partial charge in [-0.05, 0) is 12.8 Å². The number of rotatable bonds is 1. The van der Waals surface area contributed by atoms with Gasteiger partial charge in [0.15, 0.2) is 0 Å². The molecule has 0 aromatic carbocycles. The van der Waals surface area contributed by atoms with Gasteiger partial charge in [0.05, 0.1) is 0 Å². The van der Waals surface area contributed by atoms with Crippen LogP contribution in [-0.2, 0) is 9.59 Å². The van der Waals surface area contributed by atoms with Crippen molar-refractivity contribution in [2.45, 2.75) is 39.0 Å². The molecule has 0 spiro atoms. The van der Waals surface area contributed by atoms with Crippen molar-refractivity contribution in [2.75, 3.05) is 0 Å². The molecule has 0 saturated heterocycles. The van der Waals surface area contributed by atoms with Crippen LogP contribution in [0.3, 0.4) is 0 Å². The van der Waals surface area contributed by atoms with Crippen LogP contribution in [0.25, 0.3) is 0 Å². The average molecular weight is 154 g/mol. The smallest absolute Gasteiger partial charge is 0.136 e. The highest BCUT2D eigenvalue weighted by Gasteiger charge is 2.22. The van der Waals surface area contributed by atoms with Gasteiger partial charge in [-0.25, -0.2) is 0 Å². The molecule has 0 radical (unpaired) electrons. The minimum atomic E-state index is 0.0324. The number of hydrogen-bond acceptors (Lipinski definition) is 2. The molecule has 62 valence electrons. The summed E-state index contributed by atoms with van der Waals surface area (Å²) in [4.78, 5) is 22.3. The van der Waals surface area contributed by atoms with Gasteiger partial charge in [-0.15, -0.1) is 0 Å². The molecule has 1 aliphatic rings. The Balaban J connectivity index is 2.59. The Morgan fingerprint density at radius 3 is 2.73 bits per heavy atom. The second-order valence-corrected chi connectivity index (χ2v) is 3.17. The highest BCUT2D eigenvalue weighted by atomic mass is 16.1. The van der Waals surface area contributed by atoms with Gasteiger partial charge in [-0.1, -0.05) is 6.92 Å². The molecule has 1 atom stereocenters. The van der Waals surface area contributed by atoms with E-state index in [2.05, 4.69) is 0 Å². The first-order valence-corrected chi connectivity index (χ1v) is 4.28. The van der Waals surface area contributed by atoms with Crippen LogP contribution in [0.2, 0.25) is 0 Å². The molecule has 0 heterocycles. The first-order chi connectivity index (χ1) is 5.24. The standard InChI is InChI=1S/C9H14O2/c1-2-7-6-8(10)4-3-5-9(7)11/h7H,2-6H2,1H3. The van der Waals surface area contributed by atoms with Gasteiger partial charge >= 0.3 is 0 Å². The van der Waals surface area contributed by atoms with Crippen LogP contribution in [0.15, 0.2) is 0 Å². The lowest BCUT2D eigenvalue weighted by atomic mass is 9.96. The summed E-state index contributed by atoms with van der Waals surface area (Å²) in [5, 5.41) is 0. The van der Waals surface area contributed by atoms with Crippen LogP contribution in [0.5, 0.6) is 0 Å². The van der Waals surface area contributed by atoms with E-state index < -0.39 is 0 Å². The molecular formula is C9H14O2. The monoisotopic (exact) mass is 154 g/mol. The molecular weight excluding hydrogens is 140 g/mol. The van der Waals surface area contributed by atoms with Gasteiger partial charge in [0.2, 0.25) is 0 Å². The third-order valence-electron chi connectivity index (χ3n) is 2.30. The zero-order valence-corrected chi connectivity index (χ0v) is 6.93. The van der Waals surface area contributed by atoms with Crippen LogP contribution < -0.4 is 0 Å². The Hall–Kier alpha value is -0.660. The van der Waals surface area contributed by atoms with Gasteiger partial charge in [0.25, 0.3) is 0 Å². The second-order valence-electron chi connectivity index (χ2n) is 3.17. The Kier molecular flexibility index (Phi) is 2.80. The molecule has 1 fully saturated rings. The van der Waals surface area contributed by atoms with E-state index in [9.17, 15) is 9.59 Å². The fourth-order valence-corrected chi connectivity index (χ4v) is 1.53. The van der Waals surface area contributed by atoms with Gasteiger partial charge in [0, 0.05) is 25.2 Å². The molecule has 1 rings (SSSR count). The number of carbonyl (C=O) groups is 2. The van der Waals surface area contributed by atoms with E-state index in [1.54, 1.807) is 0 Å². The molecule has 11 heavy (non-hydrogen) atoms. The normalized spacial score (nSPS) is 26.8. The molecule has 1 saturated carbocycles. The first kappa shape index (κ1) is 8.44. The zero-order valence-electron chi connectivity index (χ0n) is 6.93. The maximum absolute atomic E-state index is 11.2. The van der Waals surface area contributed by atoms with Crippen molar-refractivity contribution in [1.82, 2.24) is 0 Å². The minimum absolute atomic E-state index is 0.0324. The zero-order chi connectivity index (χ0) is 8.27. The van der Waals surface area contributed by atoms with Gasteiger partial charge < -0.3 is 0 Å². The van der Waals surface area contributed by atoms with Crippen LogP contribution >= 0.6 is 0 Å². The van der Waals surface area contributed by atoms with Crippen LogP contribution in [0, 0.1) is 5.92 Å². The number of ketones is 2. The highest BCUT2D eigenvalue weighted by molar-refractivity contribution is 5.90. The van der Waals surface area contributed by atoms with Crippen molar-refractivity contribution < 1.29 is 9.59 Å². The number of carbonyl (C=O) groups excluding carboxylic acids is 2. The van der Waals surface area contributed by atoms with Crippen LogP contribution in [-0.4, -0.2) is 11.6 Å². The number of hydrogen-bond donors (Lipinski definition) is 0. The van der Waals surface area contributed by atoms with Crippen molar-refractivity contribution in [3.63, 3.8) is 0 Å². The van der Waals surface area contributed by atoms with E-state index in [0.29, 0.717) is 25.0 Å². The van der Waals surface area contributed by atoms with Crippen molar-refractivity contribution >= 4 is 11.6 Å². The largest absolute Gasteiger partial charge is 0.300 e. The minimum Gasteiger partial charge on any atom is -0.300 e. The first-order valence-electron chi connectivity index (χ1n) is 4.28. The van der Waals surface area contributed by atoms with Gasteiger partial charge in [-0.3, -0.25) is 9.59 Å². The van der Waals surface area contributed by atoms with E-state index >= 15 is 0 Å². The SMILES string of the molecule is CCC1CC(=O)CCCC1=O. The lowest BCUT2D eigenvalue weighted by Gasteiger charge is -2.06. The predicted octanol–water partition coefficient (Wildman–Crippen LogP) is 1.72. The fraction of sp³-hybridized carbons (Fsp3) is 0.778. The van der Waals surface area contributed by atoms with E-state index in [1.165, 1.54) is 0 Å². The Bertz CT molecular complexity index is 172. The molecule has 2 nitrogen and oxygen atoms in total. The van der Waals surface area contributed by atoms with E-state index in [0.717, 1.165) is 12.8 Å². The molecule has 1 aliphatic carbocycles. The van der Waals surface area contributed by atoms with Gasteiger partial charge in [0.1, 0.15) is 11.6 Å². The summed E-state index contributed by atoms with van der Waals surface area (Å²) in [5.41, 5.74) is 0. The molecule has 2 heteroatoms. The van der Waals surface area contributed by atoms with E-state index in [4.69, 9.17) is 0 Å². The molecule has 0 aromatic heterocycles. The maximum Gasteiger partial charge on any atom is 0.136 e. The van der Waals surface area contributed by atoms with Gasteiger partial charge in [-0.2, -0.15) is 0 Å². The predicted molar refractivity (Wildman–Crippen MR) is 42.3 cm³/mol. The van der Waals surface area contributed by atoms with Crippen molar-refractivity contribution in [3.8, 4) is 0 Å². The second kappa shape index (κ2) is 3.65. The van der Waals surface area contributed by atoms with Crippen LogP contribution in [0.1, 0.15) is 39.0 Å². The topological polar surface area (TPSA) is 34.1 Å². The highest BCUT2D eigenvalue weighted by Crippen LogP contribution is 2.19. The molecule has 0 amide bonds. The van der Waals surface area contributed by atoms with Crippen LogP contribution in [0.4, 0.5) is 0 Å². The van der Waals surface area contributed by atoms with Crippen molar-refractivity contribution in [1.29, 1.82) is 0 Å². The molecule has 1 unspecified atom stereocenters. The summed E-state index contributed by atoms with van der Waals surface area (Å²) in [7, 11) is 0. The fourth-order valence-electron chi connectivity index (χ4n) is 1.53. The summed E-state index contributed by atoms with van der Waals surface area (Å²) in [6.45, 7) is 1.97.